The summed E-state index contributed by atoms with van der Waals surface area (Å²) in [5, 5.41) is 16.0. The van der Waals surface area contributed by atoms with E-state index < -0.39 is 11.9 Å². The fourth-order valence-corrected chi connectivity index (χ4v) is 4.07. The third kappa shape index (κ3) is 3.25. The van der Waals surface area contributed by atoms with Gasteiger partial charge in [-0.1, -0.05) is 24.3 Å². The van der Waals surface area contributed by atoms with Crippen molar-refractivity contribution < 1.29 is 9.59 Å². The number of imide groups is 1. The largest absolute Gasteiger partial charge is 0.351 e. The first-order valence-corrected chi connectivity index (χ1v) is 10.3. The molecule has 6 rings (SSSR count). The standard InChI is InChI=1S/C21H20N8O2/c30-18-16(25-21(31)27-18)9-12-10-22-29-17(12)26-19(28-20(29)23-13-6-7-13)24-15-8-5-11-3-1-2-4-14(11)15/h1-4,9-10,13,15H,5-8H2,(H2,23,24,26,28)(H2,25,27,30,31)/b16-9-. The van der Waals surface area contributed by atoms with Crippen LogP contribution in [0.15, 0.2) is 36.2 Å². The monoisotopic (exact) mass is 416 g/mol. The van der Waals surface area contributed by atoms with Gasteiger partial charge in [0.2, 0.25) is 11.9 Å². The summed E-state index contributed by atoms with van der Waals surface area (Å²) >= 11 is 0. The van der Waals surface area contributed by atoms with E-state index in [4.69, 9.17) is 4.98 Å². The third-order valence-electron chi connectivity index (χ3n) is 5.76. The average molecular weight is 416 g/mol. The summed E-state index contributed by atoms with van der Waals surface area (Å²) in [5.74, 6) is 0.624. The topological polar surface area (TPSA) is 125 Å². The van der Waals surface area contributed by atoms with Crippen LogP contribution < -0.4 is 21.3 Å². The maximum atomic E-state index is 11.9. The van der Waals surface area contributed by atoms with Crippen LogP contribution in [0.3, 0.4) is 0 Å². The lowest BCUT2D eigenvalue weighted by molar-refractivity contribution is -0.115. The number of hydrogen-bond donors (Lipinski definition) is 4. The van der Waals surface area contributed by atoms with E-state index in [2.05, 4.69) is 49.5 Å². The van der Waals surface area contributed by atoms with Crippen molar-refractivity contribution in [3.05, 3.63) is 52.8 Å². The summed E-state index contributed by atoms with van der Waals surface area (Å²) < 4.78 is 1.63. The summed E-state index contributed by atoms with van der Waals surface area (Å²) in [6, 6.07) is 8.37. The van der Waals surface area contributed by atoms with Crippen molar-refractivity contribution in [3.63, 3.8) is 0 Å². The van der Waals surface area contributed by atoms with Gasteiger partial charge in [-0.3, -0.25) is 10.1 Å². The molecule has 2 aliphatic carbocycles. The average Bonchev–Trinajstić information content (AvgIpc) is 3.20. The molecule has 1 saturated heterocycles. The number of hydrogen-bond acceptors (Lipinski definition) is 7. The molecule has 1 aliphatic heterocycles. The molecule has 10 nitrogen and oxygen atoms in total. The van der Waals surface area contributed by atoms with Crippen LogP contribution >= 0.6 is 0 Å². The van der Waals surface area contributed by atoms with Crippen molar-refractivity contribution in [2.45, 2.75) is 37.8 Å². The van der Waals surface area contributed by atoms with Gasteiger partial charge in [0, 0.05) is 11.6 Å². The quantitative estimate of drug-likeness (QED) is 0.370. The Morgan fingerprint density at radius 1 is 1.06 bits per heavy atom. The number of aromatic nitrogens is 4. The van der Waals surface area contributed by atoms with E-state index >= 15 is 0 Å². The molecule has 4 N–H and O–H groups in total. The highest BCUT2D eigenvalue weighted by Gasteiger charge is 2.27. The van der Waals surface area contributed by atoms with E-state index in [1.54, 1.807) is 16.8 Å². The van der Waals surface area contributed by atoms with Crippen molar-refractivity contribution in [1.82, 2.24) is 30.2 Å². The van der Waals surface area contributed by atoms with Gasteiger partial charge in [-0.15, -0.1) is 0 Å². The maximum Gasteiger partial charge on any atom is 0.326 e. The zero-order valence-corrected chi connectivity index (χ0v) is 16.6. The van der Waals surface area contributed by atoms with Crippen molar-refractivity contribution in [2.24, 2.45) is 0 Å². The van der Waals surface area contributed by atoms with Gasteiger partial charge < -0.3 is 16.0 Å². The summed E-state index contributed by atoms with van der Waals surface area (Å²) in [6.07, 6.45) is 7.36. The van der Waals surface area contributed by atoms with Gasteiger partial charge in [0.1, 0.15) is 5.70 Å². The number of benzene rings is 1. The molecular weight excluding hydrogens is 396 g/mol. The number of nitrogens with one attached hydrogen (secondary N) is 4. The lowest BCUT2D eigenvalue weighted by Gasteiger charge is -2.15. The predicted octanol–water partition coefficient (Wildman–Crippen LogP) is 1.98. The minimum Gasteiger partial charge on any atom is -0.351 e. The molecule has 1 saturated carbocycles. The Kier molecular flexibility index (Phi) is 3.92. The van der Waals surface area contributed by atoms with Gasteiger partial charge >= 0.3 is 6.03 Å². The van der Waals surface area contributed by atoms with Crippen LogP contribution in [0.2, 0.25) is 0 Å². The molecular formula is C21H20N8O2. The van der Waals surface area contributed by atoms with E-state index in [0.29, 0.717) is 29.1 Å². The molecule has 2 fully saturated rings. The number of carbonyl (C=O) groups is 2. The van der Waals surface area contributed by atoms with E-state index in [1.165, 1.54) is 11.1 Å². The summed E-state index contributed by atoms with van der Waals surface area (Å²) in [5.41, 5.74) is 3.94. The Morgan fingerprint density at radius 3 is 2.74 bits per heavy atom. The molecule has 10 heteroatoms. The van der Waals surface area contributed by atoms with Gasteiger partial charge in [0.05, 0.1) is 12.2 Å². The molecule has 3 amide bonds. The fourth-order valence-electron chi connectivity index (χ4n) is 4.07. The summed E-state index contributed by atoms with van der Waals surface area (Å²) in [7, 11) is 0. The Hall–Kier alpha value is -3.95. The molecule has 31 heavy (non-hydrogen) atoms. The zero-order chi connectivity index (χ0) is 20.9. The van der Waals surface area contributed by atoms with Crippen molar-refractivity contribution >= 4 is 35.6 Å². The van der Waals surface area contributed by atoms with Crippen LogP contribution in [-0.4, -0.2) is 37.6 Å². The highest BCUT2D eigenvalue weighted by Crippen LogP contribution is 2.33. The first-order valence-electron chi connectivity index (χ1n) is 10.3. The Bertz CT molecular complexity index is 1260. The van der Waals surface area contributed by atoms with Crippen LogP contribution in [0.5, 0.6) is 0 Å². The maximum absolute atomic E-state index is 11.9. The molecule has 2 aromatic heterocycles. The second kappa shape index (κ2) is 6.79. The molecule has 1 aromatic carbocycles. The normalized spacial score (nSPS) is 21.3. The third-order valence-corrected chi connectivity index (χ3v) is 5.76. The van der Waals surface area contributed by atoms with E-state index in [1.807, 2.05) is 6.07 Å². The van der Waals surface area contributed by atoms with Crippen molar-refractivity contribution in [2.75, 3.05) is 10.6 Å². The number of urea groups is 1. The second-order valence-electron chi connectivity index (χ2n) is 8.03. The summed E-state index contributed by atoms with van der Waals surface area (Å²) in [4.78, 5) is 32.8. The van der Waals surface area contributed by atoms with Crippen LogP contribution in [-0.2, 0) is 11.2 Å². The molecule has 3 aliphatic rings. The van der Waals surface area contributed by atoms with Crippen molar-refractivity contribution in [3.8, 4) is 0 Å². The predicted molar refractivity (Wildman–Crippen MR) is 113 cm³/mol. The number of amides is 3. The van der Waals surface area contributed by atoms with Gasteiger partial charge in [0.15, 0.2) is 5.65 Å². The van der Waals surface area contributed by atoms with Gasteiger partial charge in [-0.2, -0.15) is 19.6 Å². The highest BCUT2D eigenvalue weighted by molar-refractivity contribution is 6.14. The number of rotatable bonds is 5. The van der Waals surface area contributed by atoms with E-state index in [0.717, 1.165) is 25.7 Å². The number of anilines is 2. The zero-order valence-electron chi connectivity index (χ0n) is 16.6. The van der Waals surface area contributed by atoms with E-state index in [-0.39, 0.29) is 11.7 Å². The van der Waals surface area contributed by atoms with Crippen LogP contribution in [0.4, 0.5) is 16.7 Å². The van der Waals surface area contributed by atoms with Gasteiger partial charge in [-0.05, 0) is 42.9 Å². The van der Waals surface area contributed by atoms with Crippen LogP contribution in [0.25, 0.3) is 11.7 Å². The number of aryl methyl sites for hydroxylation is 1. The van der Waals surface area contributed by atoms with E-state index in [9.17, 15) is 9.59 Å². The smallest absolute Gasteiger partial charge is 0.326 e. The lowest BCUT2D eigenvalue weighted by atomic mass is 10.1. The van der Waals surface area contributed by atoms with Gasteiger partial charge in [0.25, 0.3) is 5.91 Å². The van der Waals surface area contributed by atoms with Crippen LogP contribution in [0.1, 0.15) is 42.0 Å². The number of carbonyl (C=O) groups excluding carboxylic acids is 2. The fraction of sp³-hybridized carbons (Fsp3) is 0.286. The van der Waals surface area contributed by atoms with Crippen molar-refractivity contribution in [1.29, 1.82) is 0 Å². The van der Waals surface area contributed by atoms with Gasteiger partial charge in [-0.25, -0.2) is 4.79 Å². The second-order valence-corrected chi connectivity index (χ2v) is 8.03. The molecule has 156 valence electrons. The number of fused-ring (bicyclic) bond motifs is 2. The first-order chi connectivity index (χ1) is 15.1. The molecule has 0 bridgehead atoms. The molecule has 0 spiro atoms. The number of nitrogens with zero attached hydrogens (tertiary/aromatic N) is 4. The molecule has 3 aromatic rings. The lowest BCUT2D eigenvalue weighted by Crippen LogP contribution is -2.22. The molecule has 1 atom stereocenters. The molecule has 3 heterocycles. The summed E-state index contributed by atoms with van der Waals surface area (Å²) in [6.45, 7) is 0. The Morgan fingerprint density at radius 2 is 1.94 bits per heavy atom. The first kappa shape index (κ1) is 17.9. The minimum absolute atomic E-state index is 0.136. The molecule has 1 unspecified atom stereocenters. The highest BCUT2D eigenvalue weighted by atomic mass is 16.2. The Balaban J connectivity index is 1.40. The Labute approximate surface area is 177 Å². The van der Waals surface area contributed by atoms with Crippen LogP contribution in [0, 0.1) is 0 Å². The minimum atomic E-state index is -0.541. The SMILES string of the molecule is O=C1NC(=O)/C(=C/c2cnn3c(NC4CC4)nc(NC4CCc5ccccc54)nc23)N1. The molecule has 0 radical (unpaired) electrons.